The van der Waals surface area contributed by atoms with E-state index in [1.807, 2.05) is 18.9 Å². The van der Waals surface area contributed by atoms with Gasteiger partial charge < -0.3 is 14.5 Å². The van der Waals surface area contributed by atoms with E-state index in [4.69, 9.17) is 4.74 Å². The number of carbonyl (C=O) groups excluding carboxylic acids is 1. The molecule has 4 heteroatoms. The predicted molar refractivity (Wildman–Crippen MR) is 55.3 cm³/mol. The van der Waals surface area contributed by atoms with Gasteiger partial charge in [0.25, 0.3) is 0 Å². The molecule has 1 fully saturated rings. The van der Waals surface area contributed by atoms with E-state index in [1.54, 1.807) is 12.0 Å². The second-order valence-corrected chi connectivity index (χ2v) is 3.74. The number of nitrogens with zero attached hydrogens (tertiary/aromatic N) is 2. The zero-order valence-corrected chi connectivity index (χ0v) is 9.32. The highest BCUT2D eigenvalue weighted by Gasteiger charge is 2.24. The van der Waals surface area contributed by atoms with Crippen LogP contribution in [0, 0.1) is 0 Å². The van der Waals surface area contributed by atoms with Crippen molar-refractivity contribution >= 4 is 6.03 Å². The van der Waals surface area contributed by atoms with Crippen LogP contribution in [0.2, 0.25) is 0 Å². The first kappa shape index (κ1) is 11.3. The van der Waals surface area contributed by atoms with Crippen LogP contribution in [0.15, 0.2) is 0 Å². The minimum Gasteiger partial charge on any atom is -0.380 e. The SMILES string of the molecule is CCN(C)C(=O)N1CCCC(OC)C1. The molecule has 1 heterocycles. The van der Waals surface area contributed by atoms with E-state index in [2.05, 4.69) is 0 Å². The molecule has 0 spiro atoms. The van der Waals surface area contributed by atoms with Crippen molar-refractivity contribution in [3.05, 3.63) is 0 Å². The minimum absolute atomic E-state index is 0.120. The highest BCUT2D eigenvalue weighted by Crippen LogP contribution is 2.13. The lowest BCUT2D eigenvalue weighted by atomic mass is 10.1. The second-order valence-electron chi connectivity index (χ2n) is 3.74. The topological polar surface area (TPSA) is 32.8 Å². The van der Waals surface area contributed by atoms with Crippen LogP contribution in [0.1, 0.15) is 19.8 Å². The maximum absolute atomic E-state index is 11.8. The largest absolute Gasteiger partial charge is 0.380 e. The predicted octanol–water partition coefficient (Wildman–Crippen LogP) is 1.17. The van der Waals surface area contributed by atoms with Crippen LogP contribution in [0.25, 0.3) is 0 Å². The zero-order valence-electron chi connectivity index (χ0n) is 9.32. The number of methoxy groups -OCH3 is 1. The standard InChI is InChI=1S/C10H20N2O2/c1-4-11(2)10(13)12-7-5-6-9(8-12)14-3/h9H,4-8H2,1-3H3. The molecule has 1 atom stereocenters. The summed E-state index contributed by atoms with van der Waals surface area (Å²) in [7, 11) is 3.54. The van der Waals surface area contributed by atoms with Gasteiger partial charge in [-0.3, -0.25) is 0 Å². The van der Waals surface area contributed by atoms with Gasteiger partial charge in [0, 0.05) is 33.8 Å². The van der Waals surface area contributed by atoms with Gasteiger partial charge in [-0.25, -0.2) is 4.79 Å². The van der Waals surface area contributed by atoms with E-state index in [9.17, 15) is 4.79 Å². The van der Waals surface area contributed by atoms with Crippen LogP contribution < -0.4 is 0 Å². The van der Waals surface area contributed by atoms with Crippen molar-refractivity contribution < 1.29 is 9.53 Å². The molecule has 0 bridgehead atoms. The molecule has 14 heavy (non-hydrogen) atoms. The maximum atomic E-state index is 11.8. The van der Waals surface area contributed by atoms with Crippen molar-refractivity contribution in [2.45, 2.75) is 25.9 Å². The first-order valence-corrected chi connectivity index (χ1v) is 5.21. The number of hydrogen-bond acceptors (Lipinski definition) is 2. The Bertz CT molecular complexity index is 197. The molecule has 1 aliphatic heterocycles. The number of likely N-dealkylation sites (tertiary alicyclic amines) is 1. The molecule has 0 aliphatic carbocycles. The highest BCUT2D eigenvalue weighted by molar-refractivity contribution is 5.74. The van der Waals surface area contributed by atoms with E-state index >= 15 is 0 Å². The van der Waals surface area contributed by atoms with Crippen LogP contribution in [0.4, 0.5) is 4.79 Å². The summed E-state index contributed by atoms with van der Waals surface area (Å²) in [4.78, 5) is 15.4. The number of amides is 2. The third-order valence-electron chi connectivity index (χ3n) is 2.78. The van der Waals surface area contributed by atoms with Crippen molar-refractivity contribution in [3.63, 3.8) is 0 Å². The Morgan fingerprint density at radius 2 is 2.36 bits per heavy atom. The van der Waals surface area contributed by atoms with Gasteiger partial charge in [-0.15, -0.1) is 0 Å². The van der Waals surface area contributed by atoms with E-state index in [-0.39, 0.29) is 12.1 Å². The van der Waals surface area contributed by atoms with Crippen LogP contribution in [0.3, 0.4) is 0 Å². The smallest absolute Gasteiger partial charge is 0.319 e. The summed E-state index contributed by atoms with van der Waals surface area (Å²) in [5.41, 5.74) is 0. The van der Waals surface area contributed by atoms with Gasteiger partial charge >= 0.3 is 6.03 Å². The molecule has 0 aromatic heterocycles. The number of piperidine rings is 1. The molecule has 0 saturated carbocycles. The molecule has 2 amide bonds. The summed E-state index contributed by atoms with van der Waals surface area (Å²) in [6, 6.07) is 0.120. The molecule has 0 aromatic carbocycles. The van der Waals surface area contributed by atoms with Crippen LogP contribution >= 0.6 is 0 Å². The lowest BCUT2D eigenvalue weighted by Crippen LogP contribution is -2.48. The average molecular weight is 200 g/mol. The van der Waals surface area contributed by atoms with E-state index < -0.39 is 0 Å². The fourth-order valence-corrected chi connectivity index (χ4v) is 1.68. The van der Waals surface area contributed by atoms with E-state index in [0.717, 1.165) is 32.5 Å². The van der Waals surface area contributed by atoms with E-state index in [0.29, 0.717) is 0 Å². The maximum Gasteiger partial charge on any atom is 0.319 e. The fraction of sp³-hybridized carbons (Fsp3) is 0.900. The van der Waals surface area contributed by atoms with Crippen LogP contribution in [-0.4, -0.2) is 55.7 Å². The molecule has 82 valence electrons. The number of carbonyl (C=O) groups is 1. The normalized spacial score (nSPS) is 22.2. The van der Waals surface area contributed by atoms with Gasteiger partial charge in [-0.2, -0.15) is 0 Å². The first-order chi connectivity index (χ1) is 6.69. The molecule has 0 aromatic rings. The number of urea groups is 1. The van der Waals surface area contributed by atoms with Crippen molar-refractivity contribution in [3.8, 4) is 0 Å². The zero-order chi connectivity index (χ0) is 10.6. The number of rotatable bonds is 2. The van der Waals surface area contributed by atoms with Gasteiger partial charge in [0.1, 0.15) is 0 Å². The third-order valence-corrected chi connectivity index (χ3v) is 2.78. The number of ether oxygens (including phenoxy) is 1. The number of hydrogen-bond donors (Lipinski definition) is 0. The molecule has 1 aliphatic rings. The minimum atomic E-state index is 0.120. The molecule has 1 saturated heterocycles. The van der Waals surface area contributed by atoms with Gasteiger partial charge in [-0.05, 0) is 19.8 Å². The molecular weight excluding hydrogens is 180 g/mol. The Morgan fingerprint density at radius 1 is 1.64 bits per heavy atom. The summed E-state index contributed by atoms with van der Waals surface area (Å²) < 4.78 is 5.27. The Balaban J connectivity index is 2.47. The van der Waals surface area contributed by atoms with Crippen molar-refractivity contribution in [2.24, 2.45) is 0 Å². The van der Waals surface area contributed by atoms with Gasteiger partial charge in [0.05, 0.1) is 6.10 Å². The lowest BCUT2D eigenvalue weighted by Gasteiger charge is -2.34. The molecule has 4 nitrogen and oxygen atoms in total. The lowest BCUT2D eigenvalue weighted by molar-refractivity contribution is 0.0380. The van der Waals surface area contributed by atoms with Gasteiger partial charge in [0.2, 0.25) is 0 Å². The van der Waals surface area contributed by atoms with E-state index in [1.165, 1.54) is 0 Å². The molecule has 0 radical (unpaired) electrons. The van der Waals surface area contributed by atoms with Gasteiger partial charge in [0.15, 0.2) is 0 Å². The Morgan fingerprint density at radius 3 is 2.93 bits per heavy atom. The molecule has 0 N–H and O–H groups in total. The Labute approximate surface area is 85.8 Å². The second kappa shape index (κ2) is 5.20. The average Bonchev–Trinajstić information content (AvgIpc) is 2.27. The van der Waals surface area contributed by atoms with Crippen molar-refractivity contribution in [1.29, 1.82) is 0 Å². The summed E-state index contributed by atoms with van der Waals surface area (Å²) in [6.07, 6.45) is 2.33. The van der Waals surface area contributed by atoms with Gasteiger partial charge in [-0.1, -0.05) is 0 Å². The highest BCUT2D eigenvalue weighted by atomic mass is 16.5. The summed E-state index contributed by atoms with van der Waals surface area (Å²) in [5.74, 6) is 0. The Kier molecular flexibility index (Phi) is 4.20. The monoisotopic (exact) mass is 200 g/mol. The van der Waals surface area contributed by atoms with Crippen LogP contribution in [0.5, 0.6) is 0 Å². The van der Waals surface area contributed by atoms with Crippen molar-refractivity contribution in [2.75, 3.05) is 33.8 Å². The Hall–Kier alpha value is -0.770. The summed E-state index contributed by atoms with van der Waals surface area (Å²) in [6.45, 7) is 4.34. The quantitative estimate of drug-likeness (QED) is 0.670. The fourth-order valence-electron chi connectivity index (χ4n) is 1.68. The molecule has 1 rings (SSSR count). The first-order valence-electron chi connectivity index (χ1n) is 5.21. The van der Waals surface area contributed by atoms with Crippen molar-refractivity contribution in [1.82, 2.24) is 9.80 Å². The third kappa shape index (κ3) is 2.61. The van der Waals surface area contributed by atoms with Crippen LogP contribution in [-0.2, 0) is 4.74 Å². The summed E-state index contributed by atoms with van der Waals surface area (Å²) >= 11 is 0. The summed E-state index contributed by atoms with van der Waals surface area (Å²) in [5, 5.41) is 0. The molecule has 1 unspecified atom stereocenters. The molecular formula is C10H20N2O2.